The Morgan fingerprint density at radius 2 is 2.11 bits per heavy atom. The van der Waals surface area contributed by atoms with E-state index in [1.165, 1.54) is 0 Å². The van der Waals surface area contributed by atoms with Crippen molar-refractivity contribution in [2.24, 2.45) is 0 Å². The number of rotatable bonds is 6. The fourth-order valence-corrected chi connectivity index (χ4v) is 2.28. The highest BCUT2D eigenvalue weighted by Crippen LogP contribution is 2.16. The molecule has 1 saturated heterocycles. The Bertz CT molecular complexity index is 281. The van der Waals surface area contributed by atoms with Crippen molar-refractivity contribution in [3.63, 3.8) is 0 Å². The van der Waals surface area contributed by atoms with Crippen molar-refractivity contribution in [3.8, 4) is 0 Å². The highest BCUT2D eigenvalue weighted by atomic mass is 16.4. The largest absolute Gasteiger partial charge is 0.480 e. The van der Waals surface area contributed by atoms with Crippen LogP contribution in [0, 0.1) is 0 Å². The number of carboxylic acid groups (broad SMARTS) is 1. The Labute approximate surface area is 109 Å². The number of aliphatic carboxylic acids is 1. The summed E-state index contributed by atoms with van der Waals surface area (Å²) < 4.78 is 0. The molecule has 0 aromatic rings. The SMILES string of the molecule is CCCCNC(=O)CN1CCCCCC1C(=O)O. The first-order valence-corrected chi connectivity index (χ1v) is 6.88. The van der Waals surface area contributed by atoms with Crippen LogP contribution < -0.4 is 5.32 Å². The summed E-state index contributed by atoms with van der Waals surface area (Å²) in [6.45, 7) is 3.67. The molecule has 1 fully saturated rings. The molecule has 1 unspecified atom stereocenters. The summed E-state index contributed by atoms with van der Waals surface area (Å²) in [4.78, 5) is 24.7. The number of amides is 1. The summed E-state index contributed by atoms with van der Waals surface area (Å²) in [5.74, 6) is -0.866. The van der Waals surface area contributed by atoms with E-state index in [0.717, 1.165) is 32.1 Å². The van der Waals surface area contributed by atoms with Gasteiger partial charge in [-0.25, -0.2) is 0 Å². The standard InChI is InChI=1S/C13H24N2O3/c1-2-3-8-14-12(16)10-15-9-6-4-5-7-11(15)13(17)18/h11H,2-10H2,1H3,(H,14,16)(H,17,18). The van der Waals surface area contributed by atoms with Crippen LogP contribution in [-0.2, 0) is 9.59 Å². The fraction of sp³-hybridized carbons (Fsp3) is 0.846. The van der Waals surface area contributed by atoms with Gasteiger partial charge in [-0.2, -0.15) is 0 Å². The highest BCUT2D eigenvalue weighted by molar-refractivity contribution is 5.79. The van der Waals surface area contributed by atoms with Gasteiger partial charge in [0.15, 0.2) is 0 Å². The Morgan fingerprint density at radius 1 is 1.33 bits per heavy atom. The molecule has 1 aliphatic heterocycles. The topological polar surface area (TPSA) is 69.6 Å². The van der Waals surface area contributed by atoms with Gasteiger partial charge in [-0.3, -0.25) is 14.5 Å². The molecule has 18 heavy (non-hydrogen) atoms. The minimum Gasteiger partial charge on any atom is -0.480 e. The third-order valence-electron chi connectivity index (χ3n) is 3.35. The predicted octanol–water partition coefficient (Wildman–Crippen LogP) is 1.23. The number of carbonyl (C=O) groups excluding carboxylic acids is 1. The fourth-order valence-electron chi connectivity index (χ4n) is 2.28. The Kier molecular flexibility index (Phi) is 6.72. The van der Waals surface area contributed by atoms with Crippen LogP contribution >= 0.6 is 0 Å². The zero-order chi connectivity index (χ0) is 13.4. The monoisotopic (exact) mass is 256 g/mol. The summed E-state index contributed by atoms with van der Waals surface area (Å²) in [5, 5.41) is 12.0. The van der Waals surface area contributed by atoms with Gasteiger partial charge in [0.05, 0.1) is 6.54 Å². The number of hydrogen-bond donors (Lipinski definition) is 2. The van der Waals surface area contributed by atoms with Crippen LogP contribution in [-0.4, -0.2) is 47.6 Å². The zero-order valence-corrected chi connectivity index (χ0v) is 11.2. The molecule has 0 aromatic carbocycles. The van der Waals surface area contributed by atoms with Crippen LogP contribution in [0.5, 0.6) is 0 Å². The molecule has 1 aliphatic rings. The lowest BCUT2D eigenvalue weighted by molar-refractivity contribution is -0.144. The predicted molar refractivity (Wildman–Crippen MR) is 69.4 cm³/mol. The highest BCUT2D eigenvalue weighted by Gasteiger charge is 2.28. The number of likely N-dealkylation sites (tertiary alicyclic amines) is 1. The van der Waals surface area contributed by atoms with Gasteiger partial charge in [-0.1, -0.05) is 26.2 Å². The van der Waals surface area contributed by atoms with Gasteiger partial charge in [0.2, 0.25) is 5.91 Å². The molecule has 1 rings (SSSR count). The molecular weight excluding hydrogens is 232 g/mol. The molecule has 5 nitrogen and oxygen atoms in total. The van der Waals surface area contributed by atoms with E-state index in [4.69, 9.17) is 0 Å². The van der Waals surface area contributed by atoms with Crippen molar-refractivity contribution in [1.29, 1.82) is 0 Å². The van der Waals surface area contributed by atoms with Crippen molar-refractivity contribution in [2.45, 2.75) is 51.5 Å². The molecule has 0 saturated carbocycles. The molecule has 2 N–H and O–H groups in total. The molecule has 0 aromatic heterocycles. The van der Waals surface area contributed by atoms with Crippen LogP contribution in [0.4, 0.5) is 0 Å². The molecule has 5 heteroatoms. The van der Waals surface area contributed by atoms with Gasteiger partial charge in [0.1, 0.15) is 6.04 Å². The smallest absolute Gasteiger partial charge is 0.320 e. The average Bonchev–Trinajstić information content (AvgIpc) is 2.55. The van der Waals surface area contributed by atoms with Gasteiger partial charge >= 0.3 is 5.97 Å². The summed E-state index contributed by atoms with van der Waals surface area (Å²) >= 11 is 0. The van der Waals surface area contributed by atoms with Crippen molar-refractivity contribution in [2.75, 3.05) is 19.6 Å². The van der Waals surface area contributed by atoms with Crippen LogP contribution in [0.25, 0.3) is 0 Å². The minimum absolute atomic E-state index is 0.0587. The van der Waals surface area contributed by atoms with E-state index in [9.17, 15) is 14.7 Å². The molecule has 0 bridgehead atoms. The van der Waals surface area contributed by atoms with Crippen molar-refractivity contribution in [3.05, 3.63) is 0 Å². The first-order chi connectivity index (χ1) is 8.65. The zero-order valence-electron chi connectivity index (χ0n) is 11.2. The van der Waals surface area contributed by atoms with Crippen molar-refractivity contribution >= 4 is 11.9 Å². The number of hydrogen-bond acceptors (Lipinski definition) is 3. The maximum atomic E-state index is 11.7. The van der Waals surface area contributed by atoms with Crippen LogP contribution in [0.15, 0.2) is 0 Å². The second kappa shape index (κ2) is 8.08. The Hall–Kier alpha value is -1.10. The third-order valence-corrected chi connectivity index (χ3v) is 3.35. The van der Waals surface area contributed by atoms with Gasteiger partial charge in [0.25, 0.3) is 0 Å². The lowest BCUT2D eigenvalue weighted by Gasteiger charge is -2.25. The maximum Gasteiger partial charge on any atom is 0.320 e. The quantitative estimate of drug-likeness (QED) is 0.701. The average molecular weight is 256 g/mol. The van der Waals surface area contributed by atoms with E-state index >= 15 is 0 Å². The Morgan fingerprint density at radius 3 is 2.78 bits per heavy atom. The molecule has 104 valence electrons. The number of unbranched alkanes of at least 4 members (excludes halogenated alkanes) is 1. The lowest BCUT2D eigenvalue weighted by Crippen LogP contribution is -2.46. The molecule has 0 aliphatic carbocycles. The molecular formula is C13H24N2O3. The van der Waals surface area contributed by atoms with Crippen LogP contribution in [0.3, 0.4) is 0 Å². The molecule has 1 amide bonds. The van der Waals surface area contributed by atoms with Gasteiger partial charge < -0.3 is 10.4 Å². The summed E-state index contributed by atoms with van der Waals surface area (Å²) in [5.41, 5.74) is 0. The van der Waals surface area contributed by atoms with Crippen LogP contribution in [0.2, 0.25) is 0 Å². The molecule has 1 atom stereocenters. The van der Waals surface area contributed by atoms with Crippen molar-refractivity contribution < 1.29 is 14.7 Å². The minimum atomic E-state index is -0.807. The van der Waals surface area contributed by atoms with E-state index in [0.29, 0.717) is 19.5 Å². The maximum absolute atomic E-state index is 11.7. The first-order valence-electron chi connectivity index (χ1n) is 6.88. The number of nitrogens with one attached hydrogen (secondary N) is 1. The number of carboxylic acids is 1. The van der Waals surface area contributed by atoms with E-state index in [1.54, 1.807) is 4.90 Å². The number of nitrogens with zero attached hydrogens (tertiary/aromatic N) is 1. The van der Waals surface area contributed by atoms with E-state index < -0.39 is 12.0 Å². The van der Waals surface area contributed by atoms with E-state index in [2.05, 4.69) is 12.2 Å². The van der Waals surface area contributed by atoms with Crippen molar-refractivity contribution in [1.82, 2.24) is 10.2 Å². The second-order valence-electron chi connectivity index (χ2n) is 4.88. The van der Waals surface area contributed by atoms with E-state index in [-0.39, 0.29) is 12.5 Å². The summed E-state index contributed by atoms with van der Waals surface area (Å²) in [7, 11) is 0. The van der Waals surface area contributed by atoms with Gasteiger partial charge in [0, 0.05) is 6.54 Å². The van der Waals surface area contributed by atoms with Gasteiger partial charge in [-0.15, -0.1) is 0 Å². The lowest BCUT2D eigenvalue weighted by atomic mass is 10.1. The third kappa shape index (κ3) is 5.04. The summed E-state index contributed by atoms with van der Waals surface area (Å²) in [6.07, 6.45) is 5.63. The number of carbonyl (C=O) groups is 2. The van der Waals surface area contributed by atoms with Crippen LogP contribution in [0.1, 0.15) is 45.4 Å². The molecule has 0 radical (unpaired) electrons. The first kappa shape index (κ1) is 15.0. The Balaban J connectivity index is 2.44. The molecule has 0 spiro atoms. The second-order valence-corrected chi connectivity index (χ2v) is 4.88. The summed E-state index contributed by atoms with van der Waals surface area (Å²) in [6, 6.07) is -0.496. The normalized spacial score (nSPS) is 21.3. The van der Waals surface area contributed by atoms with E-state index in [1.807, 2.05) is 0 Å². The van der Waals surface area contributed by atoms with Gasteiger partial charge in [-0.05, 0) is 25.8 Å². The molecule has 1 heterocycles.